The standard InChI is InChI=1S/C17H14N2O2/c1-17(2,13-5-3-7-15(9-13)18-11-20)14-6-4-8-16(10-14)19-12-21/h3-10H,1-2H3. The summed E-state index contributed by atoms with van der Waals surface area (Å²) in [6.45, 7) is 4.11. The first-order valence-electron chi connectivity index (χ1n) is 6.45. The van der Waals surface area contributed by atoms with Crippen molar-refractivity contribution in [2.45, 2.75) is 19.3 Å². The van der Waals surface area contributed by atoms with Crippen molar-refractivity contribution in [2.75, 3.05) is 0 Å². The van der Waals surface area contributed by atoms with Crippen LogP contribution in [0.5, 0.6) is 0 Å². The van der Waals surface area contributed by atoms with Crippen LogP contribution in [0.4, 0.5) is 11.4 Å². The third-order valence-electron chi connectivity index (χ3n) is 3.49. The Bertz CT molecular complexity index is 689. The molecule has 0 bridgehead atoms. The van der Waals surface area contributed by atoms with E-state index in [-0.39, 0.29) is 5.41 Å². The average molecular weight is 278 g/mol. The molecule has 104 valence electrons. The molecule has 0 heterocycles. The van der Waals surface area contributed by atoms with Crippen molar-refractivity contribution >= 4 is 23.5 Å². The van der Waals surface area contributed by atoms with Gasteiger partial charge in [-0.3, -0.25) is 0 Å². The van der Waals surface area contributed by atoms with Crippen LogP contribution in [-0.2, 0) is 15.0 Å². The van der Waals surface area contributed by atoms with Gasteiger partial charge in [0.2, 0.25) is 12.2 Å². The second kappa shape index (κ2) is 6.10. The summed E-state index contributed by atoms with van der Waals surface area (Å²) in [5, 5.41) is 0. The Labute approximate surface area is 122 Å². The van der Waals surface area contributed by atoms with Crippen LogP contribution in [0.15, 0.2) is 58.5 Å². The van der Waals surface area contributed by atoms with Crippen molar-refractivity contribution in [3.05, 3.63) is 59.7 Å². The molecule has 21 heavy (non-hydrogen) atoms. The number of hydrogen-bond acceptors (Lipinski definition) is 4. The zero-order valence-electron chi connectivity index (χ0n) is 11.8. The first-order valence-corrected chi connectivity index (χ1v) is 6.45. The fourth-order valence-corrected chi connectivity index (χ4v) is 2.20. The summed E-state index contributed by atoms with van der Waals surface area (Å²) in [4.78, 5) is 28.1. The van der Waals surface area contributed by atoms with Gasteiger partial charge in [0.1, 0.15) is 0 Å². The van der Waals surface area contributed by atoms with E-state index in [1.54, 1.807) is 24.3 Å². The molecule has 0 amide bonds. The van der Waals surface area contributed by atoms with Crippen LogP contribution in [0.3, 0.4) is 0 Å². The Morgan fingerprint density at radius 1 is 0.810 bits per heavy atom. The van der Waals surface area contributed by atoms with Crippen molar-refractivity contribution in [3.8, 4) is 0 Å². The van der Waals surface area contributed by atoms with Crippen LogP contribution in [-0.4, -0.2) is 12.2 Å². The van der Waals surface area contributed by atoms with Crippen molar-refractivity contribution < 1.29 is 9.59 Å². The van der Waals surface area contributed by atoms with E-state index in [4.69, 9.17) is 0 Å². The number of benzene rings is 2. The highest BCUT2D eigenvalue weighted by Crippen LogP contribution is 2.34. The van der Waals surface area contributed by atoms with Crippen LogP contribution in [0, 0.1) is 0 Å². The molecule has 2 rings (SSSR count). The minimum absolute atomic E-state index is 0.317. The fourth-order valence-electron chi connectivity index (χ4n) is 2.20. The molecule has 0 atom stereocenters. The molecule has 0 aliphatic rings. The van der Waals surface area contributed by atoms with Crippen LogP contribution >= 0.6 is 0 Å². The molecule has 0 saturated carbocycles. The summed E-state index contributed by atoms with van der Waals surface area (Å²) in [6.07, 6.45) is 3.09. The summed E-state index contributed by atoms with van der Waals surface area (Å²) in [6, 6.07) is 14.8. The molecule has 0 aromatic heterocycles. The van der Waals surface area contributed by atoms with Gasteiger partial charge in [-0.05, 0) is 35.4 Å². The maximum Gasteiger partial charge on any atom is 0.240 e. The highest BCUT2D eigenvalue weighted by molar-refractivity contribution is 5.55. The quantitative estimate of drug-likeness (QED) is 0.628. The van der Waals surface area contributed by atoms with E-state index in [0.717, 1.165) is 11.1 Å². The van der Waals surface area contributed by atoms with Crippen molar-refractivity contribution in [2.24, 2.45) is 9.98 Å². The van der Waals surface area contributed by atoms with Gasteiger partial charge in [-0.2, -0.15) is 9.98 Å². The Morgan fingerprint density at radius 3 is 1.62 bits per heavy atom. The maximum atomic E-state index is 10.4. The van der Waals surface area contributed by atoms with Crippen LogP contribution in [0.1, 0.15) is 25.0 Å². The Morgan fingerprint density at radius 2 is 1.24 bits per heavy atom. The van der Waals surface area contributed by atoms with E-state index >= 15 is 0 Å². The Hall–Kier alpha value is -2.80. The zero-order chi connectivity index (χ0) is 15.3. The predicted molar refractivity (Wildman–Crippen MR) is 80.6 cm³/mol. The number of carbonyl (C=O) groups excluding carboxylic acids is 2. The van der Waals surface area contributed by atoms with Gasteiger partial charge in [-0.1, -0.05) is 38.1 Å². The average Bonchev–Trinajstić information content (AvgIpc) is 2.48. The van der Waals surface area contributed by atoms with Gasteiger partial charge >= 0.3 is 0 Å². The molecule has 4 nitrogen and oxygen atoms in total. The van der Waals surface area contributed by atoms with Gasteiger partial charge in [-0.25, -0.2) is 9.59 Å². The van der Waals surface area contributed by atoms with Gasteiger partial charge in [0, 0.05) is 5.41 Å². The van der Waals surface area contributed by atoms with Gasteiger partial charge in [0.15, 0.2) is 0 Å². The number of hydrogen-bond donors (Lipinski definition) is 0. The fraction of sp³-hybridized carbons (Fsp3) is 0.176. The molecule has 0 unspecified atom stereocenters. The molecule has 0 fully saturated rings. The lowest BCUT2D eigenvalue weighted by Gasteiger charge is -2.26. The van der Waals surface area contributed by atoms with Crippen LogP contribution in [0.2, 0.25) is 0 Å². The lowest BCUT2D eigenvalue weighted by molar-refractivity contribution is 0.564. The lowest BCUT2D eigenvalue weighted by Crippen LogP contribution is -2.18. The largest absolute Gasteiger partial charge is 0.240 e. The molecule has 0 saturated heterocycles. The van der Waals surface area contributed by atoms with Gasteiger partial charge < -0.3 is 0 Å². The molecule has 0 aliphatic heterocycles. The second-order valence-electron chi connectivity index (χ2n) is 5.13. The lowest BCUT2D eigenvalue weighted by atomic mass is 9.78. The second-order valence-corrected chi connectivity index (χ2v) is 5.13. The minimum atomic E-state index is -0.317. The van der Waals surface area contributed by atoms with E-state index in [1.165, 1.54) is 0 Å². The molecular weight excluding hydrogens is 264 g/mol. The Balaban J connectivity index is 2.50. The van der Waals surface area contributed by atoms with Gasteiger partial charge in [-0.15, -0.1) is 0 Å². The third-order valence-corrected chi connectivity index (χ3v) is 3.49. The summed E-state index contributed by atoms with van der Waals surface area (Å²) < 4.78 is 0. The maximum absolute atomic E-state index is 10.4. The summed E-state index contributed by atoms with van der Waals surface area (Å²) in [5.41, 5.74) is 2.83. The van der Waals surface area contributed by atoms with Crippen LogP contribution < -0.4 is 0 Å². The third kappa shape index (κ3) is 3.21. The number of aliphatic imine (C=N–C) groups is 2. The normalized spacial score (nSPS) is 10.4. The first kappa shape index (κ1) is 14.6. The van der Waals surface area contributed by atoms with Gasteiger partial charge in [0.25, 0.3) is 0 Å². The molecule has 0 radical (unpaired) electrons. The topological polar surface area (TPSA) is 58.9 Å². The minimum Gasteiger partial charge on any atom is -0.211 e. The monoisotopic (exact) mass is 278 g/mol. The molecule has 0 spiro atoms. The van der Waals surface area contributed by atoms with Crippen molar-refractivity contribution in [1.29, 1.82) is 0 Å². The molecular formula is C17H14N2O2. The predicted octanol–water partition coefficient (Wildman–Crippen LogP) is 3.95. The molecule has 0 N–H and O–H groups in total. The van der Waals surface area contributed by atoms with Crippen molar-refractivity contribution in [1.82, 2.24) is 0 Å². The van der Waals surface area contributed by atoms with Gasteiger partial charge in [0.05, 0.1) is 11.4 Å². The Kier molecular flexibility index (Phi) is 4.24. The van der Waals surface area contributed by atoms with E-state index in [1.807, 2.05) is 36.4 Å². The molecule has 4 heteroatoms. The van der Waals surface area contributed by atoms with Crippen LogP contribution in [0.25, 0.3) is 0 Å². The van der Waals surface area contributed by atoms with E-state index in [9.17, 15) is 9.59 Å². The molecule has 2 aromatic rings. The summed E-state index contributed by atoms with van der Waals surface area (Å²) in [5.74, 6) is 0. The number of isocyanates is 2. The summed E-state index contributed by atoms with van der Waals surface area (Å²) >= 11 is 0. The number of rotatable bonds is 4. The smallest absolute Gasteiger partial charge is 0.211 e. The van der Waals surface area contributed by atoms with Crippen molar-refractivity contribution in [3.63, 3.8) is 0 Å². The highest BCUT2D eigenvalue weighted by Gasteiger charge is 2.23. The SMILES string of the molecule is CC(C)(c1cccc(N=C=O)c1)c1cccc(N=C=O)c1. The molecule has 2 aromatic carbocycles. The van der Waals surface area contributed by atoms with E-state index in [2.05, 4.69) is 23.8 Å². The highest BCUT2D eigenvalue weighted by atomic mass is 16.1. The van der Waals surface area contributed by atoms with E-state index in [0.29, 0.717) is 11.4 Å². The molecule has 0 aliphatic carbocycles. The van der Waals surface area contributed by atoms with E-state index < -0.39 is 0 Å². The zero-order valence-corrected chi connectivity index (χ0v) is 11.8. The summed E-state index contributed by atoms with van der Waals surface area (Å²) in [7, 11) is 0. The first-order chi connectivity index (χ1) is 10.1. The number of nitrogens with zero attached hydrogens (tertiary/aromatic N) is 2.